The van der Waals surface area contributed by atoms with Crippen LogP contribution in [0.2, 0.25) is 0 Å². The minimum atomic E-state index is -0.192. The molecule has 0 bridgehead atoms. The van der Waals surface area contributed by atoms with Gasteiger partial charge in [-0.3, -0.25) is 4.98 Å². The van der Waals surface area contributed by atoms with Gasteiger partial charge in [-0.25, -0.2) is 0 Å². The van der Waals surface area contributed by atoms with Crippen molar-refractivity contribution in [2.45, 2.75) is 38.0 Å². The summed E-state index contributed by atoms with van der Waals surface area (Å²) >= 11 is 0. The van der Waals surface area contributed by atoms with Gasteiger partial charge in [0.1, 0.15) is 0 Å². The molecular formula is C12H14N2. The molecule has 1 saturated carbocycles. The van der Waals surface area contributed by atoms with Crippen LogP contribution in [0.3, 0.4) is 0 Å². The Bertz CT molecular complexity index is 366. The average molecular weight is 186 g/mol. The zero-order valence-electron chi connectivity index (χ0n) is 8.62. The molecule has 72 valence electrons. The molecule has 1 aromatic heterocycles. The van der Waals surface area contributed by atoms with Crippen molar-refractivity contribution in [3.63, 3.8) is 0 Å². The summed E-state index contributed by atoms with van der Waals surface area (Å²) in [6.07, 6.45) is 3.85. The maximum Gasteiger partial charge on any atom is 0.0838 e. The minimum absolute atomic E-state index is 0.192. The van der Waals surface area contributed by atoms with Gasteiger partial charge in [0.25, 0.3) is 0 Å². The second-order valence-electron chi connectivity index (χ2n) is 4.32. The maximum absolute atomic E-state index is 9.01. The van der Waals surface area contributed by atoms with Crippen molar-refractivity contribution in [3.8, 4) is 6.07 Å². The molecule has 0 atom stereocenters. The zero-order valence-corrected chi connectivity index (χ0v) is 8.62. The van der Waals surface area contributed by atoms with Crippen LogP contribution in [0, 0.1) is 11.3 Å². The van der Waals surface area contributed by atoms with Gasteiger partial charge in [-0.15, -0.1) is 0 Å². The number of nitriles is 1. The molecule has 2 rings (SSSR count). The Morgan fingerprint density at radius 1 is 1.43 bits per heavy atom. The van der Waals surface area contributed by atoms with Crippen molar-refractivity contribution < 1.29 is 0 Å². The van der Waals surface area contributed by atoms with Crippen molar-refractivity contribution in [1.82, 2.24) is 4.98 Å². The molecule has 1 aliphatic rings. The quantitative estimate of drug-likeness (QED) is 0.712. The van der Waals surface area contributed by atoms with Crippen molar-refractivity contribution in [2.75, 3.05) is 0 Å². The van der Waals surface area contributed by atoms with Gasteiger partial charge >= 0.3 is 0 Å². The van der Waals surface area contributed by atoms with Crippen LogP contribution in [0.5, 0.6) is 0 Å². The Balaban J connectivity index is 2.28. The van der Waals surface area contributed by atoms with Crippen molar-refractivity contribution in [2.24, 2.45) is 0 Å². The molecule has 1 heterocycles. The summed E-state index contributed by atoms with van der Waals surface area (Å²) in [5.41, 5.74) is 1.99. The summed E-state index contributed by atoms with van der Waals surface area (Å²) in [5, 5.41) is 9.01. The van der Waals surface area contributed by atoms with E-state index in [0.29, 0.717) is 5.92 Å². The van der Waals surface area contributed by atoms with Crippen LogP contribution in [-0.2, 0) is 5.41 Å². The molecule has 14 heavy (non-hydrogen) atoms. The van der Waals surface area contributed by atoms with E-state index in [9.17, 15) is 0 Å². The van der Waals surface area contributed by atoms with Crippen molar-refractivity contribution >= 4 is 0 Å². The number of hydrogen-bond acceptors (Lipinski definition) is 2. The van der Waals surface area contributed by atoms with E-state index in [4.69, 9.17) is 5.26 Å². The van der Waals surface area contributed by atoms with Crippen molar-refractivity contribution in [1.29, 1.82) is 5.26 Å². The summed E-state index contributed by atoms with van der Waals surface area (Å²) in [6, 6.07) is 6.47. The Labute approximate surface area is 84.6 Å². The van der Waals surface area contributed by atoms with Gasteiger partial charge in [-0.2, -0.15) is 5.26 Å². The molecule has 0 N–H and O–H groups in total. The highest BCUT2D eigenvalue weighted by Crippen LogP contribution is 2.47. The van der Waals surface area contributed by atoms with Gasteiger partial charge in [0.2, 0.25) is 0 Å². The lowest BCUT2D eigenvalue weighted by Crippen LogP contribution is -2.04. The molecule has 1 aromatic rings. The highest BCUT2D eigenvalue weighted by atomic mass is 14.7. The summed E-state index contributed by atoms with van der Waals surface area (Å²) in [7, 11) is 0. The number of aromatic nitrogens is 1. The second kappa shape index (κ2) is 3.09. The average Bonchev–Trinajstić information content (AvgIpc) is 2.99. The van der Waals surface area contributed by atoms with E-state index in [0.717, 1.165) is 24.1 Å². The van der Waals surface area contributed by atoms with Gasteiger partial charge in [0, 0.05) is 11.9 Å². The smallest absolute Gasteiger partial charge is 0.0838 e. The van der Waals surface area contributed by atoms with Gasteiger partial charge in [0.05, 0.1) is 11.5 Å². The number of rotatable bonds is 2. The number of nitrogens with zero attached hydrogens (tertiary/aromatic N) is 2. The summed E-state index contributed by atoms with van der Waals surface area (Å²) in [6.45, 7) is 4.25. The maximum atomic E-state index is 9.01. The Kier molecular flexibility index (Phi) is 2.03. The fourth-order valence-electron chi connectivity index (χ4n) is 1.62. The van der Waals surface area contributed by atoms with Crippen LogP contribution in [0.4, 0.5) is 0 Å². The van der Waals surface area contributed by atoms with Crippen LogP contribution >= 0.6 is 0 Å². The zero-order chi connectivity index (χ0) is 10.2. The van der Waals surface area contributed by atoms with E-state index >= 15 is 0 Å². The molecule has 0 saturated heterocycles. The third kappa shape index (κ3) is 1.39. The van der Waals surface area contributed by atoms with Gasteiger partial charge in [0.15, 0.2) is 0 Å². The Hall–Kier alpha value is -1.36. The third-order valence-electron chi connectivity index (χ3n) is 2.89. The Morgan fingerprint density at radius 2 is 2.14 bits per heavy atom. The molecule has 1 aliphatic carbocycles. The number of hydrogen-bond donors (Lipinski definition) is 0. The van der Waals surface area contributed by atoms with Crippen molar-refractivity contribution in [3.05, 3.63) is 29.6 Å². The highest BCUT2D eigenvalue weighted by molar-refractivity contribution is 5.37. The summed E-state index contributed by atoms with van der Waals surface area (Å²) < 4.78 is 0. The summed E-state index contributed by atoms with van der Waals surface area (Å²) in [5.74, 6) is 0.460. The molecule has 0 unspecified atom stereocenters. The van der Waals surface area contributed by atoms with Crippen LogP contribution in [0.1, 0.15) is 43.9 Å². The first kappa shape index (κ1) is 9.21. The van der Waals surface area contributed by atoms with E-state index in [1.54, 1.807) is 0 Å². The lowest BCUT2D eigenvalue weighted by atomic mass is 9.98. The molecule has 0 spiro atoms. The predicted molar refractivity (Wildman–Crippen MR) is 54.9 cm³/mol. The molecular weight excluding hydrogens is 172 g/mol. The van der Waals surface area contributed by atoms with Crippen LogP contribution < -0.4 is 0 Å². The fraction of sp³-hybridized carbons (Fsp3) is 0.500. The second-order valence-corrected chi connectivity index (χ2v) is 4.32. The Morgan fingerprint density at radius 3 is 2.50 bits per heavy atom. The van der Waals surface area contributed by atoms with E-state index in [1.165, 1.54) is 0 Å². The van der Waals surface area contributed by atoms with E-state index in [-0.39, 0.29) is 5.41 Å². The number of pyridine rings is 1. The normalized spacial score (nSPS) is 17.9. The topological polar surface area (TPSA) is 36.7 Å². The van der Waals surface area contributed by atoms with Crippen LogP contribution in [-0.4, -0.2) is 4.98 Å². The molecule has 0 aromatic carbocycles. The molecule has 0 radical (unpaired) electrons. The first-order valence-electron chi connectivity index (χ1n) is 5.06. The predicted octanol–water partition coefficient (Wildman–Crippen LogP) is 2.76. The van der Waals surface area contributed by atoms with Gasteiger partial charge < -0.3 is 0 Å². The van der Waals surface area contributed by atoms with Gasteiger partial charge in [-0.05, 0) is 30.4 Å². The lowest BCUT2D eigenvalue weighted by Gasteiger charge is -2.08. The van der Waals surface area contributed by atoms with Gasteiger partial charge in [-0.1, -0.05) is 19.9 Å². The fourth-order valence-corrected chi connectivity index (χ4v) is 1.62. The molecule has 1 fully saturated rings. The standard InChI is InChI=1S/C12H14N2/c1-9(2)11-4-3-10(7-14-11)12(8-13)5-6-12/h3-4,7,9H,5-6H2,1-2H3. The highest BCUT2D eigenvalue weighted by Gasteiger charge is 2.45. The SMILES string of the molecule is CC(C)c1ccc(C2(C#N)CC2)cn1. The largest absolute Gasteiger partial charge is 0.261 e. The molecule has 0 amide bonds. The first-order valence-corrected chi connectivity index (χ1v) is 5.06. The van der Waals surface area contributed by atoms with Crippen LogP contribution in [0.25, 0.3) is 0 Å². The monoisotopic (exact) mass is 186 g/mol. The van der Waals surface area contributed by atoms with Crippen LogP contribution in [0.15, 0.2) is 18.3 Å². The molecule has 0 aliphatic heterocycles. The van der Waals surface area contributed by atoms with E-state index in [2.05, 4.69) is 31.0 Å². The lowest BCUT2D eigenvalue weighted by molar-refractivity contribution is 0.808. The third-order valence-corrected chi connectivity index (χ3v) is 2.89. The molecule has 2 nitrogen and oxygen atoms in total. The molecule has 2 heteroatoms. The van der Waals surface area contributed by atoms with E-state index < -0.39 is 0 Å². The van der Waals surface area contributed by atoms with E-state index in [1.807, 2.05) is 12.3 Å². The summed E-state index contributed by atoms with van der Waals surface area (Å²) in [4.78, 5) is 4.38. The first-order chi connectivity index (χ1) is 6.68. The minimum Gasteiger partial charge on any atom is -0.261 e.